The van der Waals surface area contributed by atoms with Crippen molar-refractivity contribution in [2.45, 2.75) is 19.3 Å². The van der Waals surface area contributed by atoms with Crippen molar-refractivity contribution >= 4 is 46.4 Å². The molecule has 1 aromatic heterocycles. The third kappa shape index (κ3) is 7.29. The molecule has 1 N–H and O–H groups in total. The van der Waals surface area contributed by atoms with Crippen LogP contribution in [-0.4, -0.2) is 62.7 Å². The minimum Gasteiger partial charge on any atom is -0.492 e. The van der Waals surface area contributed by atoms with Gasteiger partial charge in [-0.05, 0) is 37.1 Å². The molecule has 0 aliphatic carbocycles. The summed E-state index contributed by atoms with van der Waals surface area (Å²) >= 11 is 1.73. The summed E-state index contributed by atoms with van der Waals surface area (Å²) in [5.74, 6) is 1.22. The van der Waals surface area contributed by atoms with Gasteiger partial charge in [0.25, 0.3) is 0 Å². The third-order valence-corrected chi connectivity index (χ3v) is 5.61. The van der Waals surface area contributed by atoms with Gasteiger partial charge in [0.1, 0.15) is 18.2 Å². The lowest BCUT2D eigenvalue weighted by molar-refractivity contribution is 0.281. The number of aromatic nitrogens is 1. The highest BCUT2D eigenvalue weighted by Gasteiger charge is 2.15. The van der Waals surface area contributed by atoms with Gasteiger partial charge in [-0.15, -0.1) is 35.3 Å². The molecular weight excluding hydrogens is 504 g/mol. The molecule has 0 spiro atoms. The standard InChI is InChI=1S/C20H28FN5OS.HI/c1-22-19(25(2)13-14-27-18-7-5-16(21)6-8-18)23-10-9-17-15-28-20(24-17)26-11-3-4-12-26;/h5-8,15H,3-4,9-14H2,1-2H3,(H,22,23);1H. The molecular formula is C20H29FIN5OS. The molecule has 1 saturated heterocycles. The molecule has 6 nitrogen and oxygen atoms in total. The molecule has 29 heavy (non-hydrogen) atoms. The third-order valence-electron chi connectivity index (χ3n) is 4.66. The average molecular weight is 533 g/mol. The van der Waals surface area contributed by atoms with Gasteiger partial charge in [0.15, 0.2) is 11.1 Å². The van der Waals surface area contributed by atoms with E-state index in [0.29, 0.717) is 18.9 Å². The van der Waals surface area contributed by atoms with Crippen LogP contribution in [0, 0.1) is 5.82 Å². The van der Waals surface area contributed by atoms with Gasteiger partial charge in [-0.1, -0.05) is 0 Å². The number of likely N-dealkylation sites (N-methyl/N-ethyl adjacent to an activating group) is 1. The maximum Gasteiger partial charge on any atom is 0.193 e. The van der Waals surface area contributed by atoms with E-state index in [2.05, 4.69) is 20.6 Å². The minimum absolute atomic E-state index is 0. The summed E-state index contributed by atoms with van der Waals surface area (Å²) in [6.07, 6.45) is 3.40. The summed E-state index contributed by atoms with van der Waals surface area (Å²) in [6.45, 7) is 4.20. The quantitative estimate of drug-likeness (QED) is 0.319. The van der Waals surface area contributed by atoms with Crippen molar-refractivity contribution in [1.29, 1.82) is 0 Å². The summed E-state index contributed by atoms with van der Waals surface area (Å²) in [7, 11) is 3.74. The highest BCUT2D eigenvalue weighted by molar-refractivity contribution is 14.0. The normalized spacial score (nSPS) is 13.9. The molecule has 0 saturated carbocycles. The molecule has 1 aliphatic rings. The Bertz CT molecular complexity index is 764. The van der Waals surface area contributed by atoms with Crippen molar-refractivity contribution in [2.75, 3.05) is 51.8 Å². The number of hydrogen-bond acceptors (Lipinski definition) is 5. The Morgan fingerprint density at radius 2 is 2.03 bits per heavy atom. The van der Waals surface area contributed by atoms with Crippen molar-refractivity contribution in [3.05, 3.63) is 41.2 Å². The highest BCUT2D eigenvalue weighted by Crippen LogP contribution is 2.24. The van der Waals surface area contributed by atoms with Gasteiger partial charge in [-0.25, -0.2) is 9.37 Å². The Morgan fingerprint density at radius 3 is 2.72 bits per heavy atom. The van der Waals surface area contributed by atoms with E-state index >= 15 is 0 Å². The summed E-state index contributed by atoms with van der Waals surface area (Å²) in [6, 6.07) is 6.06. The van der Waals surface area contributed by atoms with Crippen LogP contribution in [0.25, 0.3) is 0 Å². The second kappa shape index (κ2) is 12.2. The largest absolute Gasteiger partial charge is 0.492 e. The Balaban J connectivity index is 0.00000300. The van der Waals surface area contributed by atoms with Gasteiger partial charge in [-0.3, -0.25) is 4.99 Å². The first-order valence-electron chi connectivity index (χ1n) is 9.65. The second-order valence-electron chi connectivity index (χ2n) is 6.76. The zero-order valence-electron chi connectivity index (χ0n) is 16.9. The van der Waals surface area contributed by atoms with E-state index < -0.39 is 0 Å². The number of hydrogen-bond donors (Lipinski definition) is 1. The fraction of sp³-hybridized carbons (Fsp3) is 0.500. The molecule has 2 aromatic rings. The van der Waals surface area contributed by atoms with E-state index in [-0.39, 0.29) is 29.8 Å². The topological polar surface area (TPSA) is 53.0 Å². The lowest BCUT2D eigenvalue weighted by Gasteiger charge is -2.22. The van der Waals surface area contributed by atoms with Crippen LogP contribution in [0.4, 0.5) is 9.52 Å². The SMILES string of the molecule is CN=C(NCCc1csc(N2CCCC2)n1)N(C)CCOc1ccc(F)cc1.I. The van der Waals surface area contributed by atoms with Gasteiger partial charge in [0.2, 0.25) is 0 Å². The molecule has 0 atom stereocenters. The van der Waals surface area contributed by atoms with E-state index in [4.69, 9.17) is 9.72 Å². The molecule has 2 heterocycles. The zero-order valence-corrected chi connectivity index (χ0v) is 20.1. The molecule has 0 radical (unpaired) electrons. The van der Waals surface area contributed by atoms with Gasteiger partial charge in [0.05, 0.1) is 12.2 Å². The minimum atomic E-state index is -0.262. The molecule has 0 bridgehead atoms. The van der Waals surface area contributed by atoms with Crippen LogP contribution in [-0.2, 0) is 6.42 Å². The smallest absolute Gasteiger partial charge is 0.193 e. The zero-order chi connectivity index (χ0) is 19.8. The van der Waals surface area contributed by atoms with Crippen LogP contribution in [0.3, 0.4) is 0 Å². The Kier molecular flexibility index (Phi) is 9.92. The molecule has 9 heteroatoms. The number of thiazole rings is 1. The number of rotatable bonds is 8. The van der Waals surface area contributed by atoms with Crippen LogP contribution >= 0.6 is 35.3 Å². The number of anilines is 1. The number of halogens is 2. The molecule has 3 rings (SSSR count). The van der Waals surface area contributed by atoms with E-state index in [1.807, 2.05) is 11.9 Å². The van der Waals surface area contributed by atoms with Crippen LogP contribution in [0.15, 0.2) is 34.6 Å². The summed E-state index contributed by atoms with van der Waals surface area (Å²) in [5.41, 5.74) is 1.12. The maximum atomic E-state index is 12.9. The molecule has 0 amide bonds. The van der Waals surface area contributed by atoms with E-state index in [0.717, 1.165) is 42.8 Å². The molecule has 1 aliphatic heterocycles. The molecule has 160 valence electrons. The van der Waals surface area contributed by atoms with Crippen LogP contribution < -0.4 is 15.0 Å². The van der Waals surface area contributed by atoms with Gasteiger partial charge < -0.3 is 19.9 Å². The van der Waals surface area contributed by atoms with Gasteiger partial charge in [0, 0.05) is 45.5 Å². The van der Waals surface area contributed by atoms with Crippen molar-refractivity contribution in [3.63, 3.8) is 0 Å². The molecule has 1 aromatic carbocycles. The van der Waals surface area contributed by atoms with E-state index in [1.54, 1.807) is 30.5 Å². The van der Waals surface area contributed by atoms with Crippen molar-refractivity contribution in [1.82, 2.24) is 15.2 Å². The van der Waals surface area contributed by atoms with Crippen LogP contribution in [0.5, 0.6) is 5.75 Å². The number of benzene rings is 1. The Hall–Kier alpha value is -1.62. The van der Waals surface area contributed by atoms with Crippen molar-refractivity contribution in [2.24, 2.45) is 4.99 Å². The monoisotopic (exact) mass is 533 g/mol. The Morgan fingerprint density at radius 1 is 1.31 bits per heavy atom. The highest BCUT2D eigenvalue weighted by atomic mass is 127. The van der Waals surface area contributed by atoms with Crippen LogP contribution in [0.2, 0.25) is 0 Å². The first kappa shape index (κ1) is 23.7. The first-order chi connectivity index (χ1) is 13.7. The number of nitrogens with zero attached hydrogens (tertiary/aromatic N) is 4. The fourth-order valence-corrected chi connectivity index (χ4v) is 4.00. The van der Waals surface area contributed by atoms with E-state index in [1.165, 1.54) is 25.0 Å². The maximum absolute atomic E-state index is 12.9. The predicted molar refractivity (Wildman–Crippen MR) is 129 cm³/mol. The van der Waals surface area contributed by atoms with Gasteiger partial charge in [-0.2, -0.15) is 0 Å². The van der Waals surface area contributed by atoms with Crippen molar-refractivity contribution in [3.8, 4) is 5.75 Å². The lowest BCUT2D eigenvalue weighted by Crippen LogP contribution is -2.41. The first-order valence-corrected chi connectivity index (χ1v) is 10.5. The number of ether oxygens (including phenoxy) is 1. The predicted octanol–water partition coefficient (Wildman–Crippen LogP) is 3.63. The second-order valence-corrected chi connectivity index (χ2v) is 7.60. The number of nitrogens with one attached hydrogen (secondary N) is 1. The summed E-state index contributed by atoms with van der Waals surface area (Å²) in [5, 5.41) is 6.67. The fourth-order valence-electron chi connectivity index (χ4n) is 3.09. The lowest BCUT2D eigenvalue weighted by atomic mass is 10.3. The number of aliphatic imine (C=N–C) groups is 1. The average Bonchev–Trinajstić information content (AvgIpc) is 3.38. The molecule has 1 fully saturated rings. The molecule has 0 unspecified atom stereocenters. The van der Waals surface area contributed by atoms with Crippen molar-refractivity contribution < 1.29 is 9.13 Å². The van der Waals surface area contributed by atoms with Gasteiger partial charge >= 0.3 is 0 Å². The summed E-state index contributed by atoms with van der Waals surface area (Å²) in [4.78, 5) is 13.5. The Labute approximate surface area is 193 Å². The van der Waals surface area contributed by atoms with Crippen LogP contribution in [0.1, 0.15) is 18.5 Å². The number of guanidine groups is 1. The summed E-state index contributed by atoms with van der Waals surface area (Å²) < 4.78 is 18.6. The van der Waals surface area contributed by atoms with E-state index in [9.17, 15) is 4.39 Å².